The Morgan fingerprint density at radius 3 is 2.17 bits per heavy atom. The highest BCUT2D eigenvalue weighted by Crippen LogP contribution is 2.29. The molecule has 4 aromatic rings. The summed E-state index contributed by atoms with van der Waals surface area (Å²) in [5.41, 5.74) is 3.63. The lowest BCUT2D eigenvalue weighted by Gasteiger charge is -2.10. The molecule has 0 amide bonds. The van der Waals surface area contributed by atoms with Crippen molar-refractivity contribution >= 4 is 10.8 Å². The van der Waals surface area contributed by atoms with Gasteiger partial charge in [-0.1, -0.05) is 68.3 Å². The van der Waals surface area contributed by atoms with E-state index < -0.39 is 6.61 Å². The molecule has 0 unspecified atom stereocenters. The second-order valence-corrected chi connectivity index (χ2v) is 8.58. The molecule has 0 aliphatic carbocycles. The Labute approximate surface area is 204 Å². The van der Waals surface area contributed by atoms with Gasteiger partial charge in [-0.2, -0.15) is 8.78 Å². The second kappa shape index (κ2) is 11.8. The number of halogens is 3. The van der Waals surface area contributed by atoms with Crippen LogP contribution in [-0.4, -0.2) is 13.2 Å². The standard InChI is InChI=1S/C30H29F3O2/c1-2-3-4-19-34-26-16-11-22(12-17-26)24-13-18-28-25(20-24)10-9-23(29(28)31)8-5-21-6-14-27(15-7-21)35-30(32)33/h6-7,9-18,20,30H,2-5,8,19H2,1H3. The van der Waals surface area contributed by atoms with Crippen molar-refractivity contribution in [2.24, 2.45) is 0 Å². The lowest BCUT2D eigenvalue weighted by Crippen LogP contribution is -2.02. The molecule has 0 saturated heterocycles. The second-order valence-electron chi connectivity index (χ2n) is 8.58. The Balaban J connectivity index is 1.42. The first-order valence-corrected chi connectivity index (χ1v) is 12.0. The van der Waals surface area contributed by atoms with Gasteiger partial charge in [-0.3, -0.25) is 0 Å². The fourth-order valence-corrected chi connectivity index (χ4v) is 4.11. The highest BCUT2D eigenvalue weighted by molar-refractivity contribution is 5.88. The minimum atomic E-state index is -2.85. The van der Waals surface area contributed by atoms with Gasteiger partial charge in [-0.25, -0.2) is 4.39 Å². The van der Waals surface area contributed by atoms with Crippen LogP contribution >= 0.6 is 0 Å². The van der Waals surface area contributed by atoms with Crippen LogP contribution in [0.2, 0.25) is 0 Å². The third-order valence-corrected chi connectivity index (χ3v) is 6.07. The fraction of sp³-hybridized carbons (Fsp3) is 0.267. The number of unbranched alkanes of at least 4 members (excludes halogenated alkanes) is 2. The van der Waals surface area contributed by atoms with Crippen LogP contribution in [0.1, 0.15) is 37.3 Å². The summed E-state index contributed by atoms with van der Waals surface area (Å²) in [4.78, 5) is 0. The SMILES string of the molecule is CCCCCOc1ccc(-c2ccc3c(F)c(CCc4ccc(OC(F)F)cc4)ccc3c2)cc1. The lowest BCUT2D eigenvalue weighted by atomic mass is 9.97. The average molecular weight is 479 g/mol. The van der Waals surface area contributed by atoms with E-state index in [9.17, 15) is 8.78 Å². The number of fused-ring (bicyclic) bond motifs is 1. The first-order valence-electron chi connectivity index (χ1n) is 12.0. The van der Waals surface area contributed by atoms with Crippen molar-refractivity contribution in [3.8, 4) is 22.6 Å². The maximum Gasteiger partial charge on any atom is 0.387 e. The monoisotopic (exact) mass is 478 g/mol. The molecule has 0 bridgehead atoms. The van der Waals surface area contributed by atoms with Crippen LogP contribution in [0.15, 0.2) is 78.9 Å². The molecule has 0 saturated carbocycles. The Morgan fingerprint density at radius 2 is 1.46 bits per heavy atom. The van der Waals surface area contributed by atoms with Crippen LogP contribution in [0.25, 0.3) is 21.9 Å². The van der Waals surface area contributed by atoms with Gasteiger partial charge >= 0.3 is 6.61 Å². The summed E-state index contributed by atoms with van der Waals surface area (Å²) in [5, 5.41) is 1.43. The van der Waals surface area contributed by atoms with E-state index in [2.05, 4.69) is 11.7 Å². The molecule has 5 heteroatoms. The van der Waals surface area contributed by atoms with Gasteiger partial charge in [0.25, 0.3) is 0 Å². The molecule has 0 atom stereocenters. The number of ether oxygens (including phenoxy) is 2. The maximum atomic E-state index is 15.2. The molecule has 0 aliphatic rings. The van der Waals surface area contributed by atoms with Crippen LogP contribution < -0.4 is 9.47 Å². The van der Waals surface area contributed by atoms with Crippen LogP contribution in [0, 0.1) is 5.82 Å². The number of alkyl halides is 2. The fourth-order valence-electron chi connectivity index (χ4n) is 4.11. The van der Waals surface area contributed by atoms with E-state index in [1.54, 1.807) is 12.1 Å². The molecule has 4 aromatic carbocycles. The van der Waals surface area contributed by atoms with Gasteiger partial charge in [0.05, 0.1) is 6.61 Å². The quantitative estimate of drug-likeness (QED) is 0.201. The topological polar surface area (TPSA) is 18.5 Å². The summed E-state index contributed by atoms with van der Waals surface area (Å²) in [5.74, 6) is 0.755. The third-order valence-electron chi connectivity index (χ3n) is 6.07. The van der Waals surface area contributed by atoms with Gasteiger partial charge < -0.3 is 9.47 Å². The Kier molecular flexibility index (Phi) is 8.30. The Hall–Kier alpha value is -3.47. The normalized spacial score (nSPS) is 11.2. The zero-order valence-corrected chi connectivity index (χ0v) is 19.8. The van der Waals surface area contributed by atoms with Gasteiger partial charge in [0.15, 0.2) is 0 Å². The van der Waals surface area contributed by atoms with Crippen molar-refractivity contribution in [2.45, 2.75) is 45.6 Å². The number of hydrogen-bond donors (Lipinski definition) is 0. The molecule has 0 aromatic heterocycles. The summed E-state index contributed by atoms with van der Waals surface area (Å²) in [6, 6.07) is 24.0. The van der Waals surface area contributed by atoms with Gasteiger partial charge in [-0.05, 0) is 77.2 Å². The number of rotatable bonds is 11. The van der Waals surface area contributed by atoms with Crippen LogP contribution in [0.4, 0.5) is 13.2 Å². The summed E-state index contributed by atoms with van der Waals surface area (Å²) >= 11 is 0. The van der Waals surface area contributed by atoms with Crippen LogP contribution in [0.5, 0.6) is 11.5 Å². The first kappa shape index (κ1) is 24.6. The van der Waals surface area contributed by atoms with E-state index in [0.717, 1.165) is 40.9 Å². The van der Waals surface area contributed by atoms with E-state index >= 15 is 4.39 Å². The molecular formula is C30H29F3O2. The maximum absolute atomic E-state index is 15.2. The van der Waals surface area contributed by atoms with Gasteiger partial charge in [-0.15, -0.1) is 0 Å². The Bertz CT molecular complexity index is 1240. The molecule has 0 aliphatic heterocycles. The summed E-state index contributed by atoms with van der Waals surface area (Å²) in [6.07, 6.45) is 4.50. The van der Waals surface area contributed by atoms with Crippen molar-refractivity contribution in [3.63, 3.8) is 0 Å². The van der Waals surface area contributed by atoms with Gasteiger partial charge in [0.2, 0.25) is 0 Å². The number of benzene rings is 4. The smallest absolute Gasteiger partial charge is 0.387 e. The van der Waals surface area contributed by atoms with Gasteiger partial charge in [0, 0.05) is 5.39 Å². The zero-order chi connectivity index (χ0) is 24.6. The molecule has 4 rings (SSSR count). The van der Waals surface area contributed by atoms with E-state index in [1.807, 2.05) is 54.6 Å². The van der Waals surface area contributed by atoms with Crippen molar-refractivity contribution < 1.29 is 22.6 Å². The molecule has 35 heavy (non-hydrogen) atoms. The predicted octanol–water partition coefficient (Wildman–Crippen LogP) is 8.60. The summed E-state index contributed by atoms with van der Waals surface area (Å²) < 4.78 is 50.0. The van der Waals surface area contributed by atoms with E-state index in [1.165, 1.54) is 25.0 Å². The van der Waals surface area contributed by atoms with Crippen molar-refractivity contribution in [1.29, 1.82) is 0 Å². The predicted molar refractivity (Wildman–Crippen MR) is 135 cm³/mol. The first-order chi connectivity index (χ1) is 17.0. The molecule has 0 spiro atoms. The highest BCUT2D eigenvalue weighted by atomic mass is 19.3. The van der Waals surface area contributed by atoms with E-state index in [-0.39, 0.29) is 11.6 Å². The van der Waals surface area contributed by atoms with Crippen molar-refractivity contribution in [2.75, 3.05) is 6.61 Å². The van der Waals surface area contributed by atoms with Crippen molar-refractivity contribution in [3.05, 3.63) is 95.8 Å². The van der Waals surface area contributed by atoms with E-state index in [0.29, 0.717) is 23.8 Å². The molecule has 2 nitrogen and oxygen atoms in total. The minimum Gasteiger partial charge on any atom is -0.494 e. The zero-order valence-electron chi connectivity index (χ0n) is 19.8. The number of hydrogen-bond acceptors (Lipinski definition) is 2. The lowest BCUT2D eigenvalue weighted by molar-refractivity contribution is -0.0498. The van der Waals surface area contributed by atoms with Crippen LogP contribution in [-0.2, 0) is 12.8 Å². The molecule has 182 valence electrons. The minimum absolute atomic E-state index is 0.116. The molecule has 0 N–H and O–H groups in total. The van der Waals surface area contributed by atoms with Crippen molar-refractivity contribution in [1.82, 2.24) is 0 Å². The highest BCUT2D eigenvalue weighted by Gasteiger charge is 2.10. The number of aryl methyl sites for hydroxylation is 2. The summed E-state index contributed by atoms with van der Waals surface area (Å²) in [7, 11) is 0. The van der Waals surface area contributed by atoms with Crippen LogP contribution in [0.3, 0.4) is 0 Å². The molecule has 0 radical (unpaired) electrons. The largest absolute Gasteiger partial charge is 0.494 e. The summed E-state index contributed by atoms with van der Waals surface area (Å²) in [6.45, 7) is 0.0499. The third kappa shape index (κ3) is 6.56. The average Bonchev–Trinajstić information content (AvgIpc) is 2.87. The molecular weight excluding hydrogens is 449 g/mol. The van der Waals surface area contributed by atoms with Gasteiger partial charge in [0.1, 0.15) is 17.3 Å². The molecule has 0 fully saturated rings. The molecule has 0 heterocycles. The van der Waals surface area contributed by atoms with E-state index in [4.69, 9.17) is 4.74 Å². The Morgan fingerprint density at radius 1 is 0.743 bits per heavy atom.